The van der Waals surface area contributed by atoms with Gasteiger partial charge in [-0.3, -0.25) is 4.79 Å². The van der Waals surface area contributed by atoms with Gasteiger partial charge in [0, 0.05) is 37.3 Å². The third kappa shape index (κ3) is 4.69. The molecule has 0 bridgehead atoms. The Labute approximate surface area is 182 Å². The van der Waals surface area contributed by atoms with Gasteiger partial charge in [0.05, 0.1) is 23.4 Å². The Morgan fingerprint density at radius 3 is 2.79 bits per heavy atom. The molecule has 2 aromatic rings. The summed E-state index contributed by atoms with van der Waals surface area (Å²) in [5, 5.41) is 7.64. The quantitative estimate of drug-likeness (QED) is 0.574. The molecule has 1 saturated heterocycles. The van der Waals surface area contributed by atoms with Crippen LogP contribution in [-0.4, -0.2) is 61.7 Å². The highest BCUT2D eigenvalue weighted by molar-refractivity contribution is 7.17. The van der Waals surface area contributed by atoms with E-state index in [0.29, 0.717) is 28.7 Å². The van der Waals surface area contributed by atoms with Gasteiger partial charge in [-0.1, -0.05) is 34.5 Å². The lowest BCUT2D eigenvalue weighted by Gasteiger charge is -2.38. The second kappa shape index (κ2) is 9.34. The Hall–Kier alpha value is -1.81. The van der Waals surface area contributed by atoms with Crippen molar-refractivity contribution in [2.75, 3.05) is 38.7 Å². The molecule has 3 N–H and O–H groups in total. The fourth-order valence-corrected chi connectivity index (χ4v) is 4.73. The number of carbonyl (C=O) groups is 2. The van der Waals surface area contributed by atoms with Crippen molar-refractivity contribution in [1.82, 2.24) is 20.6 Å². The number of hydrogen-bond donors (Lipinski definition) is 3. The van der Waals surface area contributed by atoms with Crippen molar-refractivity contribution in [3.8, 4) is 0 Å². The predicted molar refractivity (Wildman–Crippen MR) is 115 cm³/mol. The number of rotatable bonds is 6. The number of ether oxygens (including phenoxy) is 1. The smallest absolute Gasteiger partial charge is 0.349 e. The monoisotopic (exact) mass is 459 g/mol. The van der Waals surface area contributed by atoms with Crippen LogP contribution in [0.3, 0.4) is 0 Å². The topological polar surface area (TPSA) is 99.3 Å². The van der Waals surface area contributed by atoms with E-state index in [2.05, 4.69) is 25.5 Å². The molecular formula is C18H23Cl2N5O3S. The largest absolute Gasteiger partial charge is 0.465 e. The first-order valence-electron chi connectivity index (χ1n) is 9.13. The number of nitrogens with one attached hydrogen (secondary N) is 3. The van der Waals surface area contributed by atoms with Crippen LogP contribution in [0.15, 0.2) is 6.20 Å². The first-order valence-corrected chi connectivity index (χ1v) is 10.7. The van der Waals surface area contributed by atoms with Crippen LogP contribution < -0.4 is 15.5 Å². The molecule has 0 saturated carbocycles. The van der Waals surface area contributed by atoms with Crippen LogP contribution >= 0.6 is 34.5 Å². The summed E-state index contributed by atoms with van der Waals surface area (Å²) in [6.07, 6.45) is 2.27. The first kappa shape index (κ1) is 21.9. The molecule has 0 spiro atoms. The van der Waals surface area contributed by atoms with Crippen molar-refractivity contribution >= 4 is 51.5 Å². The maximum Gasteiger partial charge on any atom is 0.349 e. The summed E-state index contributed by atoms with van der Waals surface area (Å²) in [6.45, 7) is 3.88. The van der Waals surface area contributed by atoms with E-state index in [1.165, 1.54) is 24.6 Å². The highest BCUT2D eigenvalue weighted by Gasteiger charge is 2.32. The highest BCUT2D eigenvalue weighted by Crippen LogP contribution is 2.30. The number of methoxy groups -OCH3 is 1. The number of nitrogens with zero attached hydrogens (tertiary/aromatic N) is 2. The van der Waals surface area contributed by atoms with Gasteiger partial charge in [0.15, 0.2) is 5.13 Å². The van der Waals surface area contributed by atoms with Crippen LogP contribution in [0.25, 0.3) is 0 Å². The van der Waals surface area contributed by atoms with Crippen molar-refractivity contribution in [2.24, 2.45) is 5.92 Å². The second-order valence-corrected chi connectivity index (χ2v) is 8.65. The number of aryl methyl sites for hydroxylation is 1. The maximum atomic E-state index is 12.7. The molecule has 0 unspecified atom stereocenters. The summed E-state index contributed by atoms with van der Waals surface area (Å²) in [5.74, 6) is -0.514. The zero-order chi connectivity index (χ0) is 21.1. The highest BCUT2D eigenvalue weighted by atomic mass is 35.5. The van der Waals surface area contributed by atoms with Crippen molar-refractivity contribution in [3.05, 3.63) is 32.5 Å². The molecule has 1 aliphatic heterocycles. The Bertz CT molecular complexity index is 900. The minimum atomic E-state index is -0.389. The lowest BCUT2D eigenvalue weighted by atomic mass is 9.92. The number of aromatic nitrogens is 2. The number of piperidine rings is 1. The number of esters is 1. The van der Waals surface area contributed by atoms with Crippen molar-refractivity contribution in [2.45, 2.75) is 19.4 Å². The summed E-state index contributed by atoms with van der Waals surface area (Å²) in [6, 6.07) is -0.0373. The molecule has 158 valence electrons. The number of amides is 1. The molecule has 2 atom stereocenters. The fourth-order valence-electron chi connectivity index (χ4n) is 3.44. The minimum absolute atomic E-state index is 0.0373. The molecule has 29 heavy (non-hydrogen) atoms. The number of carbonyl (C=O) groups excluding carboxylic acids is 2. The van der Waals surface area contributed by atoms with Gasteiger partial charge in [0.2, 0.25) is 0 Å². The lowest BCUT2D eigenvalue weighted by Crippen LogP contribution is -2.53. The molecule has 11 heteroatoms. The van der Waals surface area contributed by atoms with E-state index in [-0.39, 0.29) is 34.6 Å². The normalized spacial score (nSPS) is 19.3. The molecular weight excluding hydrogens is 437 g/mol. The molecule has 3 heterocycles. The molecule has 3 rings (SSSR count). The average Bonchev–Trinajstić information content (AvgIpc) is 3.30. The van der Waals surface area contributed by atoms with E-state index < -0.39 is 0 Å². The van der Waals surface area contributed by atoms with Gasteiger partial charge in [0.1, 0.15) is 10.6 Å². The molecule has 0 aromatic carbocycles. The summed E-state index contributed by atoms with van der Waals surface area (Å²) < 4.78 is 4.75. The van der Waals surface area contributed by atoms with E-state index in [9.17, 15) is 9.59 Å². The number of halogens is 2. The van der Waals surface area contributed by atoms with Crippen LogP contribution in [0.4, 0.5) is 5.13 Å². The van der Waals surface area contributed by atoms with Crippen LogP contribution in [0, 0.1) is 12.8 Å². The van der Waals surface area contributed by atoms with Crippen molar-refractivity contribution in [3.63, 3.8) is 0 Å². The van der Waals surface area contributed by atoms with Crippen LogP contribution in [0.5, 0.6) is 0 Å². The molecule has 2 aromatic heterocycles. The Kier molecular flexibility index (Phi) is 7.05. The Morgan fingerprint density at radius 2 is 2.17 bits per heavy atom. The Morgan fingerprint density at radius 1 is 1.41 bits per heavy atom. The molecule has 1 amide bonds. The number of aromatic amines is 1. The fraction of sp³-hybridized carbons (Fsp3) is 0.500. The number of hydrogen-bond acceptors (Lipinski definition) is 7. The molecule has 0 radical (unpaired) electrons. The van der Waals surface area contributed by atoms with Crippen LogP contribution in [0.1, 0.15) is 32.3 Å². The summed E-state index contributed by atoms with van der Waals surface area (Å²) >= 11 is 13.6. The van der Waals surface area contributed by atoms with Crippen molar-refractivity contribution < 1.29 is 14.3 Å². The summed E-state index contributed by atoms with van der Waals surface area (Å²) in [7, 11) is 3.23. The molecule has 8 nitrogen and oxygen atoms in total. The van der Waals surface area contributed by atoms with E-state index in [0.717, 1.165) is 18.1 Å². The van der Waals surface area contributed by atoms with E-state index in [4.69, 9.17) is 27.9 Å². The number of H-pyrrole nitrogens is 1. The molecule has 1 fully saturated rings. The van der Waals surface area contributed by atoms with Gasteiger partial charge in [-0.2, -0.15) is 0 Å². The van der Waals surface area contributed by atoms with Crippen LogP contribution in [0.2, 0.25) is 10.0 Å². The van der Waals surface area contributed by atoms with Gasteiger partial charge in [-0.05, 0) is 20.4 Å². The standard InChI is InChI=1S/C18H23Cl2N5O3S/c1-9-13(19)14(20)15(23-9)16(26)24-11-4-5-25(8-10(11)6-21-2)18-22-7-12(29-18)17(27)28-3/h7,10-11,21,23H,4-6,8H2,1-3H3,(H,24,26)/t10-,11+/m0/s1. The maximum absolute atomic E-state index is 12.7. The second-order valence-electron chi connectivity index (χ2n) is 6.88. The molecule has 1 aliphatic rings. The lowest BCUT2D eigenvalue weighted by molar-refractivity contribution is 0.0606. The van der Waals surface area contributed by atoms with E-state index >= 15 is 0 Å². The van der Waals surface area contributed by atoms with Gasteiger partial charge >= 0.3 is 5.97 Å². The summed E-state index contributed by atoms with van der Waals surface area (Å²) in [5.41, 5.74) is 0.941. The number of thiazole rings is 1. The van der Waals surface area contributed by atoms with E-state index in [1.54, 1.807) is 6.92 Å². The first-order chi connectivity index (χ1) is 13.8. The third-order valence-corrected chi connectivity index (χ3v) is 6.93. The Balaban J connectivity index is 1.70. The molecule has 0 aliphatic carbocycles. The van der Waals surface area contributed by atoms with Gasteiger partial charge < -0.3 is 25.3 Å². The van der Waals surface area contributed by atoms with Gasteiger partial charge in [0.25, 0.3) is 5.91 Å². The predicted octanol–water partition coefficient (Wildman–Crippen LogP) is 2.72. The zero-order valence-electron chi connectivity index (χ0n) is 16.3. The average molecular weight is 460 g/mol. The van der Waals surface area contributed by atoms with Gasteiger partial charge in [-0.25, -0.2) is 9.78 Å². The third-order valence-electron chi connectivity index (χ3n) is 4.95. The van der Waals surface area contributed by atoms with Crippen molar-refractivity contribution in [1.29, 1.82) is 0 Å². The SMILES string of the molecule is CNC[C@H]1CN(c2ncc(C(=O)OC)s2)CC[C@H]1NC(=O)c1[nH]c(C)c(Cl)c1Cl. The van der Waals surface area contributed by atoms with Crippen LogP contribution in [-0.2, 0) is 4.74 Å². The minimum Gasteiger partial charge on any atom is -0.465 e. The zero-order valence-corrected chi connectivity index (χ0v) is 18.7. The summed E-state index contributed by atoms with van der Waals surface area (Å²) in [4.78, 5) is 34.3. The number of anilines is 1. The van der Waals surface area contributed by atoms with E-state index in [1.807, 2.05) is 7.05 Å². The van der Waals surface area contributed by atoms with Gasteiger partial charge in [-0.15, -0.1) is 0 Å².